The summed E-state index contributed by atoms with van der Waals surface area (Å²) in [6.07, 6.45) is 3.81. The molecule has 0 atom stereocenters. The zero-order valence-electron chi connectivity index (χ0n) is 6.54. The van der Waals surface area contributed by atoms with Gasteiger partial charge in [-0.2, -0.15) is 0 Å². The summed E-state index contributed by atoms with van der Waals surface area (Å²) in [5, 5.41) is 8.73. The van der Waals surface area contributed by atoms with Crippen LogP contribution in [0, 0.1) is 11.8 Å². The number of rotatable bonds is 2. The lowest BCUT2D eigenvalue weighted by Gasteiger charge is -1.91. The van der Waals surface area contributed by atoms with Crippen molar-refractivity contribution in [2.24, 2.45) is 0 Å². The molecule has 0 saturated heterocycles. The van der Waals surface area contributed by atoms with Gasteiger partial charge in [0.2, 0.25) is 0 Å². The van der Waals surface area contributed by atoms with E-state index < -0.39 is 0 Å². The van der Waals surface area contributed by atoms with Crippen molar-refractivity contribution in [1.29, 1.82) is 0 Å². The van der Waals surface area contributed by atoms with E-state index in [9.17, 15) is 0 Å². The van der Waals surface area contributed by atoms with E-state index in [1.54, 1.807) is 0 Å². The molecule has 0 unspecified atom stereocenters. The molecular weight excluding hydrogens is 138 g/mol. The average molecular weight is 149 g/mol. The Hall–Kier alpha value is -1.20. The molecule has 0 fully saturated rings. The monoisotopic (exact) mass is 149 g/mol. The third kappa shape index (κ3) is 2.14. The number of aliphatic hydroxyl groups is 1. The van der Waals surface area contributed by atoms with Crippen LogP contribution in [-0.2, 0) is 13.2 Å². The minimum absolute atomic E-state index is 0.104. The van der Waals surface area contributed by atoms with Gasteiger partial charge in [-0.3, -0.25) is 0 Å². The van der Waals surface area contributed by atoms with Crippen LogP contribution in [-0.4, -0.2) is 9.67 Å². The van der Waals surface area contributed by atoms with Crippen molar-refractivity contribution in [2.45, 2.75) is 20.1 Å². The molecule has 1 heterocycles. The highest BCUT2D eigenvalue weighted by atomic mass is 16.3. The first-order chi connectivity index (χ1) is 5.36. The van der Waals surface area contributed by atoms with Crippen LogP contribution in [0.1, 0.15) is 12.5 Å². The quantitative estimate of drug-likeness (QED) is 0.623. The summed E-state index contributed by atoms with van der Waals surface area (Å²) in [7, 11) is 0. The summed E-state index contributed by atoms with van der Waals surface area (Å²) in [6, 6.07) is 1.89. The highest BCUT2D eigenvalue weighted by Crippen LogP contribution is 1.99. The van der Waals surface area contributed by atoms with Crippen LogP contribution in [0.25, 0.3) is 0 Å². The summed E-state index contributed by atoms with van der Waals surface area (Å²) < 4.78 is 1.95. The second kappa shape index (κ2) is 3.85. The predicted molar refractivity (Wildman–Crippen MR) is 43.8 cm³/mol. The number of hydrogen-bond donors (Lipinski definition) is 1. The van der Waals surface area contributed by atoms with Crippen LogP contribution in [0.15, 0.2) is 18.5 Å². The molecule has 0 saturated carbocycles. The minimum atomic E-state index is 0.104. The van der Waals surface area contributed by atoms with Gasteiger partial charge in [-0.15, -0.1) is 5.92 Å². The average Bonchev–Trinajstić information content (AvgIpc) is 2.48. The number of hydrogen-bond acceptors (Lipinski definition) is 1. The SMILES string of the molecule is CC#CCn1ccc(CO)c1. The van der Waals surface area contributed by atoms with Gasteiger partial charge >= 0.3 is 0 Å². The Bertz CT molecular complexity index is 277. The molecule has 1 rings (SSSR count). The molecular formula is C9H11NO. The fourth-order valence-corrected chi connectivity index (χ4v) is 0.853. The Morgan fingerprint density at radius 1 is 1.64 bits per heavy atom. The second-order valence-electron chi connectivity index (χ2n) is 2.28. The van der Waals surface area contributed by atoms with Crippen LogP contribution in [0.5, 0.6) is 0 Å². The molecule has 11 heavy (non-hydrogen) atoms. The fourth-order valence-electron chi connectivity index (χ4n) is 0.853. The van der Waals surface area contributed by atoms with E-state index in [0.717, 1.165) is 5.56 Å². The van der Waals surface area contributed by atoms with Crippen molar-refractivity contribution < 1.29 is 5.11 Å². The third-order valence-electron chi connectivity index (χ3n) is 1.43. The van der Waals surface area contributed by atoms with Crippen molar-refractivity contribution >= 4 is 0 Å². The molecule has 0 aromatic carbocycles. The van der Waals surface area contributed by atoms with Gasteiger partial charge in [0.15, 0.2) is 0 Å². The summed E-state index contributed by atoms with van der Waals surface area (Å²) in [5.74, 6) is 5.74. The van der Waals surface area contributed by atoms with Crippen LogP contribution in [0.2, 0.25) is 0 Å². The molecule has 0 spiro atoms. The molecule has 2 nitrogen and oxygen atoms in total. The van der Waals surface area contributed by atoms with Crippen LogP contribution >= 0.6 is 0 Å². The van der Waals surface area contributed by atoms with Crippen molar-refractivity contribution in [1.82, 2.24) is 4.57 Å². The molecule has 1 N–H and O–H groups in total. The lowest BCUT2D eigenvalue weighted by atomic mass is 10.4. The van der Waals surface area contributed by atoms with E-state index in [1.807, 2.05) is 30.0 Å². The fraction of sp³-hybridized carbons (Fsp3) is 0.333. The highest BCUT2D eigenvalue weighted by Gasteiger charge is 1.91. The lowest BCUT2D eigenvalue weighted by Crippen LogP contribution is -1.90. The maximum absolute atomic E-state index is 8.73. The van der Waals surface area contributed by atoms with Gasteiger partial charge in [0, 0.05) is 12.4 Å². The first-order valence-corrected chi connectivity index (χ1v) is 3.52. The molecule has 0 aliphatic rings. The maximum atomic E-state index is 8.73. The maximum Gasteiger partial charge on any atom is 0.0831 e. The predicted octanol–water partition coefficient (Wildman–Crippen LogP) is 1.00. The standard InChI is InChI=1S/C9H11NO/c1-2-3-5-10-6-4-9(7-10)8-11/h4,6-7,11H,5,8H2,1H3. The van der Waals surface area contributed by atoms with Gasteiger partial charge in [-0.05, 0) is 18.6 Å². The molecule has 2 heteroatoms. The van der Waals surface area contributed by atoms with E-state index in [4.69, 9.17) is 5.11 Å². The molecule has 0 bridgehead atoms. The van der Waals surface area contributed by atoms with Crippen molar-refractivity contribution in [3.63, 3.8) is 0 Å². The number of nitrogens with zero attached hydrogens (tertiary/aromatic N) is 1. The van der Waals surface area contributed by atoms with E-state index in [0.29, 0.717) is 6.54 Å². The van der Waals surface area contributed by atoms with Crippen LogP contribution in [0.3, 0.4) is 0 Å². The Morgan fingerprint density at radius 3 is 3.00 bits per heavy atom. The zero-order valence-corrected chi connectivity index (χ0v) is 6.54. The van der Waals surface area contributed by atoms with Crippen LogP contribution < -0.4 is 0 Å². The Kier molecular flexibility index (Phi) is 2.76. The largest absolute Gasteiger partial charge is 0.392 e. The van der Waals surface area contributed by atoms with Crippen molar-refractivity contribution in [2.75, 3.05) is 0 Å². The van der Waals surface area contributed by atoms with Gasteiger partial charge in [0.1, 0.15) is 0 Å². The van der Waals surface area contributed by atoms with E-state index in [-0.39, 0.29) is 6.61 Å². The van der Waals surface area contributed by atoms with Gasteiger partial charge in [-0.1, -0.05) is 5.92 Å². The first-order valence-electron chi connectivity index (χ1n) is 3.52. The van der Waals surface area contributed by atoms with Gasteiger partial charge in [0.25, 0.3) is 0 Å². The molecule has 1 aromatic rings. The first kappa shape index (κ1) is 7.90. The molecule has 0 aliphatic carbocycles. The van der Waals surface area contributed by atoms with E-state index in [2.05, 4.69) is 11.8 Å². The summed E-state index contributed by atoms with van der Waals surface area (Å²) in [4.78, 5) is 0. The van der Waals surface area contributed by atoms with Crippen LogP contribution in [0.4, 0.5) is 0 Å². The molecule has 0 amide bonds. The number of aromatic nitrogens is 1. The molecule has 0 radical (unpaired) electrons. The topological polar surface area (TPSA) is 25.2 Å². The third-order valence-corrected chi connectivity index (χ3v) is 1.43. The van der Waals surface area contributed by atoms with Crippen molar-refractivity contribution in [3.8, 4) is 11.8 Å². The number of aliphatic hydroxyl groups excluding tert-OH is 1. The molecule has 1 aromatic heterocycles. The van der Waals surface area contributed by atoms with Gasteiger partial charge in [-0.25, -0.2) is 0 Å². The summed E-state index contributed by atoms with van der Waals surface area (Å²) >= 11 is 0. The van der Waals surface area contributed by atoms with E-state index >= 15 is 0 Å². The van der Waals surface area contributed by atoms with E-state index in [1.165, 1.54) is 0 Å². The Labute approximate surface area is 66.5 Å². The minimum Gasteiger partial charge on any atom is -0.392 e. The van der Waals surface area contributed by atoms with Gasteiger partial charge in [0.05, 0.1) is 13.2 Å². The summed E-state index contributed by atoms with van der Waals surface area (Å²) in [6.45, 7) is 2.62. The normalized spacial score (nSPS) is 8.91. The smallest absolute Gasteiger partial charge is 0.0831 e. The molecule has 58 valence electrons. The lowest BCUT2D eigenvalue weighted by molar-refractivity contribution is 0.282. The molecule has 0 aliphatic heterocycles. The van der Waals surface area contributed by atoms with Gasteiger partial charge < -0.3 is 9.67 Å². The second-order valence-corrected chi connectivity index (χ2v) is 2.28. The Balaban J connectivity index is 2.62. The zero-order chi connectivity index (χ0) is 8.10. The summed E-state index contributed by atoms with van der Waals surface area (Å²) in [5.41, 5.74) is 0.933. The van der Waals surface area contributed by atoms with Crippen molar-refractivity contribution in [3.05, 3.63) is 24.0 Å². The highest BCUT2D eigenvalue weighted by molar-refractivity contribution is 5.10. The Morgan fingerprint density at radius 2 is 2.45 bits per heavy atom.